The lowest BCUT2D eigenvalue weighted by molar-refractivity contribution is -0.114. The third kappa shape index (κ3) is 4.51. The van der Waals surface area contributed by atoms with Crippen molar-refractivity contribution in [2.75, 3.05) is 18.4 Å². The number of hydrogen-bond acceptors (Lipinski definition) is 6. The standard InChI is InChI=1S/C20H26N4O4S/c1-13-10-17(21-14(2)25)7-8-18(13)29(26,27)24-9-3-4-15(12-24)11-19-22-20(23-28-19)16-5-6-16/h7-8,10,15-16H,3-6,9,11-12H2,1-2H3,(H,21,25). The monoisotopic (exact) mass is 418 g/mol. The number of aromatic nitrogens is 2. The van der Waals surface area contributed by atoms with Gasteiger partial charge in [-0.15, -0.1) is 0 Å². The van der Waals surface area contributed by atoms with E-state index in [0.29, 0.717) is 42.6 Å². The van der Waals surface area contributed by atoms with Gasteiger partial charge >= 0.3 is 0 Å². The Morgan fingerprint density at radius 1 is 1.31 bits per heavy atom. The Hall–Kier alpha value is -2.26. The third-order valence-electron chi connectivity index (χ3n) is 5.48. The fourth-order valence-electron chi connectivity index (χ4n) is 3.88. The first-order chi connectivity index (χ1) is 13.8. The van der Waals surface area contributed by atoms with E-state index < -0.39 is 10.0 Å². The molecule has 8 nitrogen and oxygen atoms in total. The summed E-state index contributed by atoms with van der Waals surface area (Å²) in [5, 5.41) is 6.73. The van der Waals surface area contributed by atoms with Crippen molar-refractivity contribution in [3.05, 3.63) is 35.5 Å². The van der Waals surface area contributed by atoms with Crippen LogP contribution in [0.2, 0.25) is 0 Å². The molecular formula is C20H26N4O4S. The molecule has 0 bridgehead atoms. The van der Waals surface area contributed by atoms with E-state index >= 15 is 0 Å². The Morgan fingerprint density at radius 3 is 2.79 bits per heavy atom. The molecule has 1 aliphatic heterocycles. The topological polar surface area (TPSA) is 105 Å². The Kier molecular flexibility index (Phi) is 5.44. The predicted octanol–water partition coefficient (Wildman–Crippen LogP) is 2.86. The van der Waals surface area contributed by atoms with Crippen molar-refractivity contribution in [3.63, 3.8) is 0 Å². The van der Waals surface area contributed by atoms with Crippen molar-refractivity contribution in [1.82, 2.24) is 14.4 Å². The van der Waals surface area contributed by atoms with Gasteiger partial charge in [-0.05, 0) is 62.3 Å². The minimum absolute atomic E-state index is 0.157. The number of hydrogen-bond donors (Lipinski definition) is 1. The maximum Gasteiger partial charge on any atom is 0.243 e. The van der Waals surface area contributed by atoms with Crippen LogP contribution < -0.4 is 5.32 Å². The van der Waals surface area contributed by atoms with Gasteiger partial charge in [0, 0.05) is 38.0 Å². The largest absolute Gasteiger partial charge is 0.339 e. The first-order valence-electron chi connectivity index (χ1n) is 10.0. The van der Waals surface area contributed by atoms with Gasteiger partial charge in [-0.25, -0.2) is 8.42 Å². The summed E-state index contributed by atoms with van der Waals surface area (Å²) in [5.41, 5.74) is 1.21. The van der Waals surface area contributed by atoms with E-state index in [4.69, 9.17) is 4.52 Å². The normalized spacial score (nSPS) is 20.6. The fraction of sp³-hybridized carbons (Fsp3) is 0.550. The number of benzene rings is 1. The summed E-state index contributed by atoms with van der Waals surface area (Å²) in [6.07, 6.45) is 4.58. The number of amides is 1. The minimum atomic E-state index is -3.61. The number of carbonyl (C=O) groups is 1. The summed E-state index contributed by atoms with van der Waals surface area (Å²) in [6.45, 7) is 4.11. The molecule has 1 aromatic heterocycles. The van der Waals surface area contributed by atoms with Crippen LogP contribution in [0.4, 0.5) is 5.69 Å². The molecule has 0 radical (unpaired) electrons. The second-order valence-electron chi connectivity index (χ2n) is 8.06. The first kappa shape index (κ1) is 20.0. The molecule has 4 rings (SSSR count). The highest BCUT2D eigenvalue weighted by Gasteiger charge is 2.33. The highest BCUT2D eigenvalue weighted by atomic mass is 32.2. The van der Waals surface area contributed by atoms with E-state index in [1.807, 2.05) is 0 Å². The van der Waals surface area contributed by atoms with Crippen molar-refractivity contribution < 1.29 is 17.7 Å². The van der Waals surface area contributed by atoms with Gasteiger partial charge < -0.3 is 9.84 Å². The SMILES string of the molecule is CC(=O)Nc1ccc(S(=O)(=O)N2CCCC(Cc3nc(C4CC4)no3)C2)c(C)c1. The molecule has 1 aromatic carbocycles. The van der Waals surface area contributed by atoms with E-state index in [9.17, 15) is 13.2 Å². The second kappa shape index (κ2) is 7.87. The molecule has 2 aliphatic rings. The Morgan fingerprint density at radius 2 is 2.10 bits per heavy atom. The van der Waals surface area contributed by atoms with E-state index in [0.717, 1.165) is 31.5 Å². The van der Waals surface area contributed by atoms with E-state index in [1.54, 1.807) is 29.4 Å². The highest BCUT2D eigenvalue weighted by molar-refractivity contribution is 7.89. The molecule has 2 heterocycles. The quantitative estimate of drug-likeness (QED) is 0.773. The molecule has 1 atom stereocenters. The van der Waals surface area contributed by atoms with Gasteiger partial charge in [-0.2, -0.15) is 9.29 Å². The van der Waals surface area contributed by atoms with Crippen LogP contribution in [0.15, 0.2) is 27.6 Å². The number of rotatable bonds is 6. The number of aryl methyl sites for hydroxylation is 1. The van der Waals surface area contributed by atoms with Gasteiger partial charge in [0.25, 0.3) is 0 Å². The summed E-state index contributed by atoms with van der Waals surface area (Å²) in [6, 6.07) is 4.88. The summed E-state index contributed by atoms with van der Waals surface area (Å²) < 4.78 is 33.4. The summed E-state index contributed by atoms with van der Waals surface area (Å²) >= 11 is 0. The molecule has 156 valence electrons. The lowest BCUT2D eigenvalue weighted by Crippen LogP contribution is -2.40. The molecule has 1 saturated heterocycles. The van der Waals surface area contributed by atoms with Crippen LogP contribution >= 0.6 is 0 Å². The number of nitrogens with one attached hydrogen (secondary N) is 1. The zero-order chi connectivity index (χ0) is 20.6. The zero-order valence-corrected chi connectivity index (χ0v) is 17.5. The molecular weight excluding hydrogens is 392 g/mol. The number of anilines is 1. The summed E-state index contributed by atoms with van der Waals surface area (Å²) in [7, 11) is -3.61. The summed E-state index contributed by atoms with van der Waals surface area (Å²) in [4.78, 5) is 16.0. The molecule has 0 spiro atoms. The second-order valence-corrected chi connectivity index (χ2v) is 9.96. The maximum atomic E-state index is 13.2. The van der Waals surface area contributed by atoms with Gasteiger partial charge in [0.1, 0.15) is 0 Å². The highest BCUT2D eigenvalue weighted by Crippen LogP contribution is 2.38. The zero-order valence-electron chi connectivity index (χ0n) is 16.7. The predicted molar refractivity (Wildman–Crippen MR) is 107 cm³/mol. The Balaban J connectivity index is 1.46. The van der Waals surface area contributed by atoms with Gasteiger partial charge in [0.2, 0.25) is 21.8 Å². The number of nitrogens with zero attached hydrogens (tertiary/aromatic N) is 3. The summed E-state index contributed by atoms with van der Waals surface area (Å²) in [5.74, 6) is 1.80. The smallest absolute Gasteiger partial charge is 0.243 e. The van der Waals surface area contributed by atoms with Gasteiger partial charge in [0.15, 0.2) is 5.82 Å². The van der Waals surface area contributed by atoms with E-state index in [2.05, 4.69) is 15.5 Å². The van der Waals surface area contributed by atoms with Gasteiger partial charge in [-0.1, -0.05) is 5.16 Å². The lowest BCUT2D eigenvalue weighted by atomic mass is 9.96. The van der Waals surface area contributed by atoms with Crippen molar-refractivity contribution in [2.24, 2.45) is 5.92 Å². The number of piperidine rings is 1. The van der Waals surface area contributed by atoms with Crippen LogP contribution in [0.3, 0.4) is 0 Å². The molecule has 1 amide bonds. The number of carbonyl (C=O) groups excluding carboxylic acids is 1. The van der Waals surface area contributed by atoms with E-state index in [-0.39, 0.29) is 16.7 Å². The Labute approximate surface area is 170 Å². The average molecular weight is 419 g/mol. The van der Waals surface area contributed by atoms with Crippen molar-refractivity contribution in [1.29, 1.82) is 0 Å². The van der Waals surface area contributed by atoms with Crippen LogP contribution in [-0.4, -0.2) is 41.9 Å². The van der Waals surface area contributed by atoms with Crippen LogP contribution in [0.25, 0.3) is 0 Å². The molecule has 2 fully saturated rings. The van der Waals surface area contributed by atoms with Gasteiger partial charge in [-0.3, -0.25) is 4.79 Å². The molecule has 1 N–H and O–H groups in total. The minimum Gasteiger partial charge on any atom is -0.339 e. The Bertz CT molecular complexity index is 1010. The molecule has 1 unspecified atom stereocenters. The van der Waals surface area contributed by atoms with Crippen molar-refractivity contribution in [3.8, 4) is 0 Å². The maximum absolute atomic E-state index is 13.2. The van der Waals surface area contributed by atoms with Crippen LogP contribution in [0.1, 0.15) is 55.8 Å². The van der Waals surface area contributed by atoms with Crippen LogP contribution in [-0.2, 0) is 21.2 Å². The molecule has 2 aromatic rings. The van der Waals surface area contributed by atoms with Crippen LogP contribution in [0.5, 0.6) is 0 Å². The van der Waals surface area contributed by atoms with Crippen molar-refractivity contribution in [2.45, 2.75) is 56.8 Å². The third-order valence-corrected chi connectivity index (χ3v) is 7.51. The lowest BCUT2D eigenvalue weighted by Gasteiger charge is -2.31. The average Bonchev–Trinajstić information content (AvgIpc) is 3.41. The molecule has 9 heteroatoms. The number of sulfonamides is 1. The fourth-order valence-corrected chi connectivity index (χ4v) is 5.64. The molecule has 29 heavy (non-hydrogen) atoms. The van der Waals surface area contributed by atoms with Crippen LogP contribution in [0, 0.1) is 12.8 Å². The first-order valence-corrected chi connectivity index (χ1v) is 11.5. The molecule has 1 aliphatic carbocycles. The van der Waals surface area contributed by atoms with E-state index in [1.165, 1.54) is 6.92 Å². The van der Waals surface area contributed by atoms with Crippen molar-refractivity contribution >= 4 is 21.6 Å². The molecule has 1 saturated carbocycles. The van der Waals surface area contributed by atoms with Gasteiger partial charge in [0.05, 0.1) is 4.90 Å².